The van der Waals surface area contributed by atoms with Gasteiger partial charge in [0.1, 0.15) is 12.1 Å². The zero-order valence-corrected chi connectivity index (χ0v) is 21.4. The van der Waals surface area contributed by atoms with Gasteiger partial charge in [0.05, 0.1) is 7.11 Å². The van der Waals surface area contributed by atoms with E-state index < -0.39 is 30.0 Å². The molecule has 1 aliphatic rings. The third-order valence-electron chi connectivity index (χ3n) is 6.66. The summed E-state index contributed by atoms with van der Waals surface area (Å²) in [6, 6.07) is 1.76. The van der Waals surface area contributed by atoms with Gasteiger partial charge in [-0.05, 0) is 42.9 Å². The minimum atomic E-state index is -1.30. The second-order valence-electron chi connectivity index (χ2n) is 9.28. The smallest absolute Gasteiger partial charge is 0.405 e. The second-order valence-corrected chi connectivity index (χ2v) is 9.28. The van der Waals surface area contributed by atoms with E-state index in [2.05, 4.69) is 15.6 Å². The molecular weight excluding hydrogens is 466 g/mol. The Morgan fingerprint density at radius 3 is 2.36 bits per heavy atom. The van der Waals surface area contributed by atoms with Crippen LogP contribution in [0.15, 0.2) is 24.5 Å². The molecule has 2 atom stereocenters. The van der Waals surface area contributed by atoms with Crippen molar-refractivity contribution in [3.05, 3.63) is 30.1 Å². The largest absolute Gasteiger partial charge is 0.465 e. The molecule has 0 aliphatic heterocycles. The molecule has 0 aromatic carbocycles. The van der Waals surface area contributed by atoms with Crippen LogP contribution in [0.5, 0.6) is 0 Å². The topological polar surface area (TPSA) is 141 Å². The fourth-order valence-electron chi connectivity index (χ4n) is 4.41. The summed E-state index contributed by atoms with van der Waals surface area (Å²) in [6.07, 6.45) is 8.37. The number of carboxylic acid groups (broad SMARTS) is 1. The molecule has 1 heterocycles. The van der Waals surface area contributed by atoms with Gasteiger partial charge in [0.2, 0.25) is 11.8 Å². The number of pyridine rings is 1. The first-order valence-corrected chi connectivity index (χ1v) is 12.5. The molecule has 0 radical (unpaired) electrons. The highest BCUT2D eigenvalue weighted by Gasteiger charge is 2.31. The zero-order chi connectivity index (χ0) is 26.5. The summed E-state index contributed by atoms with van der Waals surface area (Å²) in [4.78, 5) is 60.5. The highest BCUT2D eigenvalue weighted by molar-refractivity contribution is 5.91. The molecule has 3 N–H and O–H groups in total. The Bertz CT molecular complexity index is 862. The molecule has 1 aromatic rings. The van der Waals surface area contributed by atoms with Gasteiger partial charge in [-0.1, -0.05) is 32.1 Å². The number of aromatic nitrogens is 1. The van der Waals surface area contributed by atoms with Crippen LogP contribution in [0.4, 0.5) is 4.79 Å². The number of carbonyl (C=O) groups is 4. The summed E-state index contributed by atoms with van der Waals surface area (Å²) in [5, 5.41) is 15.2. The van der Waals surface area contributed by atoms with Crippen LogP contribution in [0.2, 0.25) is 0 Å². The SMILES string of the molecule is CON(C)C(=O)[C@H](CCC(=O)N(C)CCc1ccncc1)NC(=O)[C@H](CC1CCCCC1)NC(=O)O. The third-order valence-corrected chi connectivity index (χ3v) is 6.66. The Morgan fingerprint density at radius 2 is 1.75 bits per heavy atom. The van der Waals surface area contributed by atoms with Gasteiger partial charge < -0.3 is 20.6 Å². The van der Waals surface area contributed by atoms with Crippen molar-refractivity contribution in [3.63, 3.8) is 0 Å². The second kappa shape index (κ2) is 15.0. The van der Waals surface area contributed by atoms with Crippen LogP contribution in [-0.4, -0.2) is 83.7 Å². The summed E-state index contributed by atoms with van der Waals surface area (Å²) in [6.45, 7) is 0.498. The van der Waals surface area contributed by atoms with Crippen molar-refractivity contribution in [2.45, 2.75) is 69.9 Å². The van der Waals surface area contributed by atoms with Gasteiger partial charge in [0, 0.05) is 39.5 Å². The molecule has 200 valence electrons. The Balaban J connectivity index is 2.00. The zero-order valence-electron chi connectivity index (χ0n) is 21.4. The van der Waals surface area contributed by atoms with Crippen LogP contribution in [-0.2, 0) is 25.6 Å². The van der Waals surface area contributed by atoms with Gasteiger partial charge in [-0.3, -0.25) is 24.2 Å². The molecule has 1 aromatic heterocycles. The number of likely N-dealkylation sites (N-methyl/N-ethyl adjacent to an activating group) is 2. The minimum Gasteiger partial charge on any atom is -0.465 e. The molecule has 4 amide bonds. The molecule has 11 nitrogen and oxygen atoms in total. The van der Waals surface area contributed by atoms with Gasteiger partial charge in [0.25, 0.3) is 5.91 Å². The average molecular weight is 506 g/mol. The first kappa shape index (κ1) is 29.0. The van der Waals surface area contributed by atoms with Gasteiger partial charge >= 0.3 is 6.09 Å². The van der Waals surface area contributed by atoms with Gasteiger partial charge in [0.15, 0.2) is 0 Å². The normalized spacial score (nSPS) is 15.4. The van der Waals surface area contributed by atoms with E-state index in [1.807, 2.05) is 12.1 Å². The van der Waals surface area contributed by atoms with Crippen LogP contribution < -0.4 is 10.6 Å². The van der Waals surface area contributed by atoms with Gasteiger partial charge in [-0.25, -0.2) is 9.86 Å². The first-order valence-electron chi connectivity index (χ1n) is 12.5. The number of rotatable bonds is 13. The van der Waals surface area contributed by atoms with Crippen LogP contribution >= 0.6 is 0 Å². The number of hydroxylamine groups is 2. The molecular formula is C25H39N5O6. The van der Waals surface area contributed by atoms with Crippen molar-refractivity contribution in [1.29, 1.82) is 0 Å². The fraction of sp³-hybridized carbons (Fsp3) is 0.640. The highest BCUT2D eigenvalue weighted by atomic mass is 16.7. The fourth-order valence-corrected chi connectivity index (χ4v) is 4.41. The number of hydrogen-bond donors (Lipinski definition) is 3. The van der Waals surface area contributed by atoms with Gasteiger partial charge in [-0.2, -0.15) is 0 Å². The van der Waals surface area contributed by atoms with Crippen molar-refractivity contribution >= 4 is 23.8 Å². The lowest BCUT2D eigenvalue weighted by molar-refractivity contribution is -0.172. The molecule has 0 bridgehead atoms. The summed E-state index contributed by atoms with van der Waals surface area (Å²) in [5.74, 6) is -1.03. The molecule has 1 saturated carbocycles. The Morgan fingerprint density at radius 1 is 1.08 bits per heavy atom. The lowest BCUT2D eigenvalue weighted by atomic mass is 9.84. The third kappa shape index (κ3) is 9.80. The van der Waals surface area contributed by atoms with E-state index in [1.165, 1.54) is 14.2 Å². The molecule has 0 saturated heterocycles. The maximum absolute atomic E-state index is 13.1. The monoisotopic (exact) mass is 505 g/mol. The molecule has 0 spiro atoms. The summed E-state index contributed by atoms with van der Waals surface area (Å²) < 4.78 is 0. The van der Waals surface area contributed by atoms with E-state index in [4.69, 9.17) is 4.84 Å². The number of carbonyl (C=O) groups excluding carboxylic acids is 3. The maximum Gasteiger partial charge on any atom is 0.405 e. The number of amides is 4. The summed E-state index contributed by atoms with van der Waals surface area (Å²) >= 11 is 0. The summed E-state index contributed by atoms with van der Waals surface area (Å²) in [7, 11) is 4.43. The number of hydrogen-bond acceptors (Lipinski definition) is 6. The minimum absolute atomic E-state index is 0.0285. The standard InChI is InChI=1S/C25H39N5O6/c1-29(16-13-18-11-14-26-15-12-18)22(31)10-9-20(24(33)30(2)36-3)27-23(32)21(28-25(34)35)17-19-7-5-4-6-8-19/h11-12,14-15,19-21,28H,4-10,13,16-17H2,1-3H3,(H,27,32)(H,34,35)/t20-,21-/m0/s1. The molecule has 2 rings (SSSR count). The molecule has 0 unspecified atom stereocenters. The Labute approximate surface area is 212 Å². The predicted octanol–water partition coefficient (Wildman–Crippen LogP) is 1.97. The van der Waals surface area contributed by atoms with Crippen LogP contribution in [0.25, 0.3) is 0 Å². The first-order chi connectivity index (χ1) is 17.2. The van der Waals surface area contributed by atoms with E-state index >= 15 is 0 Å². The van der Waals surface area contributed by atoms with Crippen LogP contribution in [0, 0.1) is 5.92 Å². The summed E-state index contributed by atoms with van der Waals surface area (Å²) in [5.41, 5.74) is 1.06. The molecule has 1 aliphatic carbocycles. The van der Waals surface area contributed by atoms with Crippen molar-refractivity contribution in [2.75, 3.05) is 27.7 Å². The van der Waals surface area contributed by atoms with E-state index in [-0.39, 0.29) is 24.7 Å². The van der Waals surface area contributed by atoms with Crippen LogP contribution in [0.3, 0.4) is 0 Å². The maximum atomic E-state index is 13.1. The van der Waals surface area contributed by atoms with Crippen LogP contribution in [0.1, 0.15) is 56.9 Å². The lowest BCUT2D eigenvalue weighted by Crippen LogP contribution is -2.54. The Hall–Kier alpha value is -3.21. The van der Waals surface area contributed by atoms with Crippen molar-refractivity contribution in [3.8, 4) is 0 Å². The molecule has 11 heteroatoms. The predicted molar refractivity (Wildman–Crippen MR) is 133 cm³/mol. The lowest BCUT2D eigenvalue weighted by Gasteiger charge is -2.28. The van der Waals surface area contributed by atoms with Crippen molar-refractivity contribution in [2.24, 2.45) is 5.92 Å². The molecule has 36 heavy (non-hydrogen) atoms. The Kier molecular flexibility index (Phi) is 12.1. The molecule has 1 fully saturated rings. The number of nitrogens with zero attached hydrogens (tertiary/aromatic N) is 3. The van der Waals surface area contributed by atoms with E-state index in [9.17, 15) is 24.3 Å². The van der Waals surface area contributed by atoms with Crippen molar-refractivity contribution < 1.29 is 29.1 Å². The van der Waals surface area contributed by atoms with Gasteiger partial charge in [-0.15, -0.1) is 0 Å². The quantitative estimate of drug-likeness (QED) is 0.348. The van der Waals surface area contributed by atoms with E-state index in [0.717, 1.165) is 42.7 Å². The van der Waals surface area contributed by atoms with Crippen molar-refractivity contribution in [1.82, 2.24) is 25.6 Å². The number of nitrogens with one attached hydrogen (secondary N) is 2. The van der Waals surface area contributed by atoms with E-state index in [1.54, 1.807) is 24.3 Å². The average Bonchev–Trinajstić information content (AvgIpc) is 2.88. The van der Waals surface area contributed by atoms with E-state index in [0.29, 0.717) is 19.4 Å². The highest BCUT2D eigenvalue weighted by Crippen LogP contribution is 2.27.